The van der Waals surface area contributed by atoms with Crippen LogP contribution in [0.4, 0.5) is 13.2 Å². The molecule has 0 amide bonds. The van der Waals surface area contributed by atoms with E-state index in [0.717, 1.165) is 178 Å². The summed E-state index contributed by atoms with van der Waals surface area (Å²) in [7, 11) is 0. The van der Waals surface area contributed by atoms with Crippen LogP contribution in [0.15, 0.2) is 111 Å². The van der Waals surface area contributed by atoms with E-state index in [-0.39, 0.29) is 17.8 Å². The zero-order valence-electron chi connectivity index (χ0n) is 91.0. The van der Waals surface area contributed by atoms with Gasteiger partial charge in [-0.05, 0) is 535 Å². The van der Waals surface area contributed by atoms with E-state index < -0.39 is 41.1 Å². The van der Waals surface area contributed by atoms with E-state index in [0.29, 0.717) is 143 Å². The molecular formula is C123H179ClF3N17O5. The van der Waals surface area contributed by atoms with Crippen LogP contribution in [0.3, 0.4) is 0 Å². The van der Waals surface area contributed by atoms with Crippen molar-refractivity contribution in [3.8, 4) is 23.1 Å². The molecule has 0 aliphatic heterocycles. The Hall–Kier alpha value is -6.74. The number of fused-ring (bicyclic) bond motifs is 25. The van der Waals surface area contributed by atoms with Crippen molar-refractivity contribution in [1.29, 1.82) is 0 Å². The normalized spacial score (nSPS) is 46.0. The second-order valence-corrected chi connectivity index (χ2v) is 55.9. The van der Waals surface area contributed by atoms with Gasteiger partial charge in [-0.3, -0.25) is 0 Å². The zero-order chi connectivity index (χ0) is 104. The van der Waals surface area contributed by atoms with E-state index in [2.05, 4.69) is 159 Å². The molecule has 0 radical (unpaired) electrons. The van der Waals surface area contributed by atoms with E-state index in [1.54, 1.807) is 61.2 Å². The first kappa shape index (κ1) is 107. The third kappa shape index (κ3) is 20.5. The van der Waals surface area contributed by atoms with Gasteiger partial charge in [0.2, 0.25) is 0 Å². The van der Waals surface area contributed by atoms with Crippen LogP contribution in [-0.2, 0) is 32.7 Å². The second-order valence-electron chi connectivity index (χ2n) is 55.8. The second kappa shape index (κ2) is 42.3. The topological polar surface area (TPSA) is 280 Å². The lowest BCUT2D eigenvalue weighted by atomic mass is 9.48. The van der Waals surface area contributed by atoms with Gasteiger partial charge >= 0.3 is 0 Å². The van der Waals surface area contributed by atoms with Gasteiger partial charge in [-0.2, -0.15) is 54.6 Å². The molecule has 5 aromatic heterocycles. The van der Waals surface area contributed by atoms with Gasteiger partial charge in [0.05, 0.1) is 81.1 Å². The maximum atomic E-state index is 13.4. The highest BCUT2D eigenvalue weighted by molar-refractivity contribution is 6.30. The molecule has 0 spiro atoms. The van der Waals surface area contributed by atoms with Crippen LogP contribution >= 0.6 is 11.6 Å². The lowest BCUT2D eigenvalue weighted by Crippen LogP contribution is -2.52. The summed E-state index contributed by atoms with van der Waals surface area (Å²) in [5.74, 6) is 31.7. The number of halogens is 4. The van der Waals surface area contributed by atoms with E-state index in [4.69, 9.17) is 11.6 Å². The molecule has 26 rings (SSSR count). The fraction of sp³-hybridized carbons (Fsp3) is 0.821. The minimum atomic E-state index is -2.61. The summed E-state index contributed by atoms with van der Waals surface area (Å²) in [5.41, 5.74) is 3.48. The summed E-state index contributed by atoms with van der Waals surface area (Å²) in [5, 5.41) is 106. The first-order valence-electron chi connectivity index (χ1n) is 59.9. The summed E-state index contributed by atoms with van der Waals surface area (Å²) in [6, 6.07) is 0. The molecule has 5 N–H and O–H groups in total. The molecule has 814 valence electrons. The van der Waals surface area contributed by atoms with Crippen LogP contribution in [0.1, 0.15) is 343 Å². The molecule has 21 saturated carbocycles. The Morgan fingerprint density at radius 3 is 0.913 bits per heavy atom. The third-order valence-electron chi connectivity index (χ3n) is 48.8. The van der Waals surface area contributed by atoms with Gasteiger partial charge in [0, 0.05) is 11.3 Å². The lowest BCUT2D eigenvalue weighted by molar-refractivity contribution is -0.159. The van der Waals surface area contributed by atoms with Gasteiger partial charge in [-0.1, -0.05) is 113 Å². The van der Waals surface area contributed by atoms with Crippen molar-refractivity contribution in [3.05, 3.63) is 111 Å². The number of hydrogen-bond acceptors (Lipinski definition) is 17. The zero-order valence-corrected chi connectivity index (χ0v) is 91.7. The predicted octanol–water partition coefficient (Wildman–Crippen LogP) is 23.8. The van der Waals surface area contributed by atoms with Gasteiger partial charge in [0.25, 0.3) is 6.43 Å². The summed E-state index contributed by atoms with van der Waals surface area (Å²) >= 11 is 5.63. The summed E-state index contributed by atoms with van der Waals surface area (Å²) in [4.78, 5) is 8.66. The first-order valence-corrected chi connectivity index (χ1v) is 60.3. The van der Waals surface area contributed by atoms with E-state index in [1.165, 1.54) is 246 Å². The van der Waals surface area contributed by atoms with E-state index >= 15 is 0 Å². The average Bonchev–Trinajstić information content (AvgIpc) is 1.64. The Kier molecular flexibility index (Phi) is 30.2. The Labute approximate surface area is 891 Å². The highest BCUT2D eigenvalue weighted by atomic mass is 35.5. The third-order valence-corrected chi connectivity index (χ3v) is 48.9. The van der Waals surface area contributed by atoms with Crippen molar-refractivity contribution >= 4 is 11.6 Å². The summed E-state index contributed by atoms with van der Waals surface area (Å²) < 4.78 is 40.2. The number of allylic oxidation sites excluding steroid dienone is 5. The number of aromatic nitrogens is 17. The average molecular weight is 2070 g/mol. The molecule has 0 unspecified atom stereocenters. The van der Waals surface area contributed by atoms with E-state index in [9.17, 15) is 38.7 Å². The Morgan fingerprint density at radius 1 is 0.315 bits per heavy atom. The van der Waals surface area contributed by atoms with Gasteiger partial charge < -0.3 is 25.5 Å². The molecule has 26 heteroatoms. The highest BCUT2D eigenvalue weighted by Gasteiger charge is 2.66. The number of nitrogens with zero attached hydrogens (tertiary/aromatic N) is 17. The highest BCUT2D eigenvalue weighted by Crippen LogP contribution is 2.73. The number of hydrogen-bond donors (Lipinski definition) is 5. The molecule has 22 nitrogen and oxygen atoms in total. The van der Waals surface area contributed by atoms with Crippen molar-refractivity contribution < 1.29 is 38.7 Å². The fourth-order valence-electron chi connectivity index (χ4n) is 42.1. The van der Waals surface area contributed by atoms with Crippen LogP contribution in [0.2, 0.25) is 0 Å². The van der Waals surface area contributed by atoms with Gasteiger partial charge in [0.15, 0.2) is 12.7 Å². The SMILES string of the molecule is C=C(Cn1nccn1)[C@H]1CC[C@H]2[C@@H]3CC[C@@H]4C[C@](O)(C#CC5CC5)CC[C@@H]4[C@H]3CC[C@]12C.C=C(Cn1nccn1)[C@H]1CC[C@H]2[C@@H]3CC[C@@H]4C[C@](O)(C#CCl)CC[C@@H]4[C@H]3CC[C@]12C.C=C(Cn1nccn1)[C@H]1CC[C@H]2[C@@H]3CC[C@@H]4C[C@](O)(C(F)F)CC[C@@H]4[C@H]3CC[C@]12C.C=C(Cn1ncnn1)[C@H]1CC[C@H]2[C@@H]3CC[C@@H]4C[C@@](C)(O)CC[C@@H]4[C@H]3CC[C@]12C.C=C(Cn1ncnn1)[C@H]1CC[C@H]2[C@@H]3CC[C@@H]4C[C@](O)(CF)CC[C@@H]4[C@H]3CC[C@]12C. The monoisotopic (exact) mass is 2070 g/mol. The minimum absolute atomic E-state index is 0.271. The number of alkyl halides is 3. The van der Waals surface area contributed by atoms with Gasteiger partial charge in [-0.25, -0.2) is 13.2 Å². The van der Waals surface area contributed by atoms with Crippen molar-refractivity contribution in [2.45, 2.75) is 410 Å². The molecule has 0 saturated heterocycles. The fourth-order valence-corrected chi connectivity index (χ4v) is 42.3. The maximum Gasteiger partial charge on any atom is 0.266 e. The smallest absolute Gasteiger partial charge is 0.266 e. The lowest BCUT2D eigenvalue weighted by Gasteiger charge is -2.57. The van der Waals surface area contributed by atoms with Crippen molar-refractivity contribution in [2.24, 2.45) is 211 Å². The number of rotatable bonds is 17. The van der Waals surface area contributed by atoms with E-state index in [1.807, 2.05) is 0 Å². The molecule has 21 aliphatic carbocycles. The van der Waals surface area contributed by atoms with Crippen LogP contribution < -0.4 is 0 Å². The first-order chi connectivity index (χ1) is 71.5. The summed E-state index contributed by atoms with van der Waals surface area (Å²) in [6.45, 7) is 40.2. The minimum Gasteiger partial charge on any atom is -0.390 e. The molecular weight excluding hydrogens is 1890 g/mol. The molecule has 0 bridgehead atoms. The van der Waals surface area contributed by atoms with Gasteiger partial charge in [-0.15, -0.1) is 20.4 Å². The van der Waals surface area contributed by atoms with Crippen LogP contribution in [0, 0.1) is 234 Å². The molecule has 149 heavy (non-hydrogen) atoms. The Balaban J connectivity index is 0.000000105. The largest absolute Gasteiger partial charge is 0.390 e. The Bertz CT molecular complexity index is 5620. The predicted molar refractivity (Wildman–Crippen MR) is 571 cm³/mol. The number of tetrazole rings is 2. The molecule has 40 atom stereocenters. The van der Waals surface area contributed by atoms with Crippen molar-refractivity contribution in [2.75, 3.05) is 6.67 Å². The van der Waals surface area contributed by atoms with Crippen LogP contribution in [0.5, 0.6) is 0 Å². The summed E-state index contributed by atoms with van der Waals surface area (Å²) in [6.07, 6.45) is 64.5. The molecule has 21 fully saturated rings. The van der Waals surface area contributed by atoms with Gasteiger partial charge in [0.1, 0.15) is 23.5 Å². The number of aliphatic hydroxyl groups is 5. The molecule has 5 aromatic rings. The van der Waals surface area contributed by atoms with Crippen molar-refractivity contribution in [1.82, 2.24) is 85.4 Å². The quantitative estimate of drug-likeness (QED) is 0.0427. The Morgan fingerprint density at radius 2 is 0.604 bits per heavy atom. The van der Waals surface area contributed by atoms with Crippen LogP contribution in [0.25, 0.3) is 0 Å². The van der Waals surface area contributed by atoms with Crippen molar-refractivity contribution in [3.63, 3.8) is 0 Å². The molecule has 21 aliphatic rings. The molecule has 5 heterocycles. The standard InChI is InChI=1S/C28H39N3O.C25H34ClN3O.C24H35F2N3O.C23H35FN4O.C23H36N4O/c1-19(18-31-29-15-16-30-31)25-7-8-26-24-6-5-21-17-28(32,13-9-20-3-4-20)14-11-22(21)23(24)10-12-27(25,26)2;1-17(16-29-27-13-14-28-29)22-5-6-23-21-4-3-18-15-25(30,11-12-26)10-8-19(18)20(21)7-9-24(22,23)2;1-15(14-29-27-11-12-28-29)20-5-6-21-19-4-3-16-13-24(30,22(25)26)10-8-17(16)18(19)7-9-23(20,21)2;1-15(12-28-26-14-25-27-28)20-5-6-21-19-4-3-16-11-23(29,13-24)10-8-17(16)18(19)7-9-22(20,21)2;1-15(13-27-25-14-24-26-27)20-6-7-21-19-5-4-16-12-22(2,28)10-8-17(16)18(19)9-11-23(20,21)3/h15-16,20-26,32H,1,3-8,10-12,14,17-18H2,2H3;13-14,18-23,30H,1,3-10,15-16H2,2H3;11-12,16-22,30H,1,3-10,13-14H2,2H3;14,16-21,29H,1,3-13H2,2H3;14,16-21,28H,1,4-13H2,2-3H3/t21-,22+,23-,24-,25-,26+,27-,28+;18-,19+,20-,21-,22-,23+,24-,25-;16-,17+,18-,19-,20-,21+,23-,24+;16-,17+,18-,19-,20-,21+,22-,23+;16-,17+,18-,19-,20-,21+,22+,23-/m11111/s1. The molecule has 0 aromatic carbocycles. The van der Waals surface area contributed by atoms with Crippen LogP contribution in [-0.4, -0.2) is 152 Å². The maximum absolute atomic E-state index is 13.4.